The Labute approximate surface area is 203 Å². The van der Waals surface area contributed by atoms with Crippen molar-refractivity contribution >= 4 is 30.5 Å². The van der Waals surface area contributed by atoms with Gasteiger partial charge in [-0.05, 0) is 65.0 Å². The second-order valence-corrected chi connectivity index (χ2v) is 10.1. The number of rotatable bonds is 10. The Balaban J connectivity index is 2.39. The zero-order valence-corrected chi connectivity index (χ0v) is 21.6. The fourth-order valence-corrected chi connectivity index (χ4v) is 3.89. The van der Waals surface area contributed by atoms with Gasteiger partial charge in [0.25, 0.3) is 0 Å². The third-order valence-corrected chi connectivity index (χ3v) is 5.82. The molecule has 1 fully saturated rings. The fraction of sp³-hybridized carbons (Fsp3) is 0.640. The SMILES string of the molecule is CCCCNC(=O)C(c1cc(C)ccc1C)N(C(=O)C(CS)NC(=O)OC(C)(C)C)C1CC1. The number of unbranched alkanes of at least 4 members (excludes halogenated alkanes) is 1. The van der Waals surface area contributed by atoms with Crippen LogP contribution >= 0.6 is 12.6 Å². The molecule has 184 valence electrons. The molecule has 1 aliphatic rings. The van der Waals surface area contributed by atoms with Crippen molar-refractivity contribution in [3.05, 3.63) is 34.9 Å². The van der Waals surface area contributed by atoms with Crippen LogP contribution < -0.4 is 10.6 Å². The monoisotopic (exact) mass is 477 g/mol. The van der Waals surface area contributed by atoms with Gasteiger partial charge in [-0.15, -0.1) is 0 Å². The van der Waals surface area contributed by atoms with Gasteiger partial charge in [-0.2, -0.15) is 12.6 Å². The number of carbonyl (C=O) groups is 3. The Bertz CT molecular complexity index is 849. The van der Waals surface area contributed by atoms with E-state index in [1.165, 1.54) is 0 Å². The van der Waals surface area contributed by atoms with Gasteiger partial charge in [-0.25, -0.2) is 4.79 Å². The molecule has 2 N–H and O–H groups in total. The van der Waals surface area contributed by atoms with E-state index in [0.29, 0.717) is 6.54 Å². The molecule has 2 atom stereocenters. The topological polar surface area (TPSA) is 87.7 Å². The van der Waals surface area contributed by atoms with E-state index in [1.807, 2.05) is 32.0 Å². The maximum atomic E-state index is 13.7. The summed E-state index contributed by atoms with van der Waals surface area (Å²) < 4.78 is 5.33. The highest BCUT2D eigenvalue weighted by molar-refractivity contribution is 7.80. The highest BCUT2D eigenvalue weighted by Gasteiger charge is 2.44. The molecule has 8 heteroatoms. The quantitative estimate of drug-likeness (QED) is 0.350. The van der Waals surface area contributed by atoms with Crippen LogP contribution in [0.15, 0.2) is 18.2 Å². The lowest BCUT2D eigenvalue weighted by Gasteiger charge is -2.35. The van der Waals surface area contributed by atoms with Crippen molar-refractivity contribution in [1.82, 2.24) is 15.5 Å². The van der Waals surface area contributed by atoms with Gasteiger partial charge in [0.1, 0.15) is 17.7 Å². The standard InChI is InChI=1S/C25H39N3O4S/c1-7-8-13-26-22(29)21(19-14-16(2)9-10-17(19)3)28(18-11-12-18)23(30)20(15-33)27-24(31)32-25(4,5)6/h9-10,14,18,20-21,33H,7-8,11-13,15H2,1-6H3,(H,26,29)(H,27,31). The van der Waals surface area contributed by atoms with E-state index < -0.39 is 23.8 Å². The summed E-state index contributed by atoms with van der Waals surface area (Å²) in [6.07, 6.45) is 2.78. The second-order valence-electron chi connectivity index (χ2n) is 9.77. The minimum Gasteiger partial charge on any atom is -0.444 e. The summed E-state index contributed by atoms with van der Waals surface area (Å²) in [5.74, 6) is -0.430. The van der Waals surface area contributed by atoms with Gasteiger partial charge in [0.15, 0.2) is 0 Å². The van der Waals surface area contributed by atoms with Crippen molar-refractivity contribution in [2.45, 2.75) is 91.0 Å². The first-order valence-electron chi connectivity index (χ1n) is 11.8. The number of hydrogen-bond acceptors (Lipinski definition) is 5. The number of carbonyl (C=O) groups excluding carboxylic acids is 3. The van der Waals surface area contributed by atoms with Crippen LogP contribution in [0.5, 0.6) is 0 Å². The number of hydrogen-bond donors (Lipinski definition) is 3. The summed E-state index contributed by atoms with van der Waals surface area (Å²) in [5.41, 5.74) is 2.07. The van der Waals surface area contributed by atoms with Crippen molar-refractivity contribution in [2.75, 3.05) is 12.3 Å². The summed E-state index contributed by atoms with van der Waals surface area (Å²) in [4.78, 5) is 41.2. The van der Waals surface area contributed by atoms with Gasteiger partial charge in [0, 0.05) is 18.3 Å². The molecule has 0 radical (unpaired) electrons. The summed E-state index contributed by atoms with van der Waals surface area (Å²) in [5, 5.41) is 5.66. The van der Waals surface area contributed by atoms with Crippen molar-refractivity contribution in [2.24, 2.45) is 0 Å². The number of ether oxygens (including phenoxy) is 1. The summed E-state index contributed by atoms with van der Waals surface area (Å²) in [6.45, 7) is 11.8. The number of alkyl carbamates (subject to hydrolysis) is 1. The van der Waals surface area contributed by atoms with E-state index in [2.05, 4.69) is 30.2 Å². The van der Waals surface area contributed by atoms with Crippen LogP contribution in [0.4, 0.5) is 4.79 Å². The smallest absolute Gasteiger partial charge is 0.408 e. The number of nitrogens with zero attached hydrogens (tertiary/aromatic N) is 1. The van der Waals surface area contributed by atoms with Crippen molar-refractivity contribution < 1.29 is 19.1 Å². The Kier molecular flexibility index (Phi) is 9.64. The third kappa shape index (κ3) is 7.95. The fourth-order valence-electron chi connectivity index (χ4n) is 3.64. The number of aryl methyl sites for hydroxylation is 2. The van der Waals surface area contributed by atoms with Gasteiger partial charge in [-0.3, -0.25) is 9.59 Å². The molecule has 0 saturated heterocycles. The van der Waals surface area contributed by atoms with Gasteiger partial charge >= 0.3 is 6.09 Å². The molecule has 0 aromatic heterocycles. The highest BCUT2D eigenvalue weighted by Crippen LogP contribution is 2.37. The number of nitrogens with one attached hydrogen (secondary N) is 2. The molecule has 0 heterocycles. The first-order chi connectivity index (χ1) is 15.5. The average molecular weight is 478 g/mol. The normalized spacial score (nSPS) is 15.4. The summed E-state index contributed by atoms with van der Waals surface area (Å²) in [6, 6.07) is 4.21. The zero-order valence-electron chi connectivity index (χ0n) is 20.7. The highest BCUT2D eigenvalue weighted by atomic mass is 32.1. The molecule has 1 aromatic rings. The average Bonchev–Trinajstić information content (AvgIpc) is 3.55. The molecule has 0 aliphatic heterocycles. The zero-order chi connectivity index (χ0) is 24.8. The van der Waals surface area contributed by atoms with Crippen molar-refractivity contribution in [3.63, 3.8) is 0 Å². The van der Waals surface area contributed by atoms with E-state index in [4.69, 9.17) is 4.74 Å². The van der Waals surface area contributed by atoms with Gasteiger partial charge in [0.2, 0.25) is 11.8 Å². The summed E-state index contributed by atoms with van der Waals surface area (Å²) >= 11 is 4.32. The van der Waals surface area contributed by atoms with Gasteiger partial charge in [0.05, 0.1) is 0 Å². The van der Waals surface area contributed by atoms with Crippen LogP contribution in [-0.2, 0) is 14.3 Å². The van der Waals surface area contributed by atoms with E-state index in [1.54, 1.807) is 25.7 Å². The lowest BCUT2D eigenvalue weighted by molar-refractivity contribution is -0.142. The molecule has 1 saturated carbocycles. The molecule has 7 nitrogen and oxygen atoms in total. The molecule has 0 bridgehead atoms. The predicted octanol–water partition coefficient (Wildman–Crippen LogP) is 4.07. The first kappa shape index (κ1) is 27.0. The second kappa shape index (κ2) is 11.8. The minimum absolute atomic E-state index is 0.0536. The first-order valence-corrected chi connectivity index (χ1v) is 12.4. The lowest BCUT2D eigenvalue weighted by atomic mass is 9.96. The largest absolute Gasteiger partial charge is 0.444 e. The maximum Gasteiger partial charge on any atom is 0.408 e. The lowest BCUT2D eigenvalue weighted by Crippen LogP contribution is -2.54. The Morgan fingerprint density at radius 1 is 1.21 bits per heavy atom. The molecular formula is C25H39N3O4S. The van der Waals surface area contributed by atoms with Gasteiger partial charge in [-0.1, -0.05) is 37.1 Å². The minimum atomic E-state index is -0.903. The number of thiol groups is 1. The predicted molar refractivity (Wildman–Crippen MR) is 133 cm³/mol. The Hall–Kier alpha value is -2.22. The van der Waals surface area contributed by atoms with Crippen molar-refractivity contribution in [1.29, 1.82) is 0 Å². The van der Waals surface area contributed by atoms with Crippen LogP contribution in [-0.4, -0.2) is 52.8 Å². The summed E-state index contributed by atoms with van der Waals surface area (Å²) in [7, 11) is 0. The molecule has 2 unspecified atom stereocenters. The Morgan fingerprint density at radius 3 is 2.42 bits per heavy atom. The van der Waals surface area contributed by atoms with Crippen LogP contribution in [0.2, 0.25) is 0 Å². The van der Waals surface area contributed by atoms with Crippen molar-refractivity contribution in [3.8, 4) is 0 Å². The third-order valence-electron chi connectivity index (χ3n) is 5.45. The molecule has 33 heavy (non-hydrogen) atoms. The van der Waals surface area contributed by atoms with Gasteiger partial charge < -0.3 is 20.3 Å². The van der Waals surface area contributed by atoms with E-state index in [0.717, 1.165) is 42.4 Å². The van der Waals surface area contributed by atoms with Crippen LogP contribution in [0.25, 0.3) is 0 Å². The molecule has 1 aliphatic carbocycles. The molecule has 1 aromatic carbocycles. The van der Waals surface area contributed by atoms with E-state index in [-0.39, 0.29) is 23.6 Å². The maximum absolute atomic E-state index is 13.7. The van der Waals surface area contributed by atoms with E-state index >= 15 is 0 Å². The Morgan fingerprint density at radius 2 is 1.88 bits per heavy atom. The molecule has 2 rings (SSSR count). The number of benzene rings is 1. The molecule has 0 spiro atoms. The van der Waals surface area contributed by atoms with Crippen LogP contribution in [0, 0.1) is 13.8 Å². The van der Waals surface area contributed by atoms with E-state index in [9.17, 15) is 14.4 Å². The molecular weight excluding hydrogens is 438 g/mol. The van der Waals surface area contributed by atoms with Crippen LogP contribution in [0.3, 0.4) is 0 Å². The number of amides is 3. The van der Waals surface area contributed by atoms with Crippen LogP contribution in [0.1, 0.15) is 76.1 Å². The molecule has 3 amide bonds.